The normalized spacial score (nSPS) is 12.0. The van der Waals surface area contributed by atoms with Gasteiger partial charge in [0.15, 0.2) is 5.78 Å². The Labute approximate surface area is 119 Å². The summed E-state index contributed by atoms with van der Waals surface area (Å²) in [5.41, 5.74) is 0.884. The Kier molecular flexibility index (Phi) is 5.39. The average Bonchev–Trinajstić information content (AvgIpc) is 2.27. The van der Waals surface area contributed by atoms with Crippen molar-refractivity contribution in [3.8, 4) is 0 Å². The van der Waals surface area contributed by atoms with E-state index in [4.69, 9.17) is 16.3 Å². The van der Waals surface area contributed by atoms with Crippen molar-refractivity contribution in [1.82, 2.24) is 0 Å². The highest BCUT2D eigenvalue weighted by Gasteiger charge is 2.23. The summed E-state index contributed by atoms with van der Waals surface area (Å²) in [6.45, 7) is 3.42. The number of hydrogen-bond acceptors (Lipinski definition) is 3. The molecule has 1 aromatic carbocycles. The van der Waals surface area contributed by atoms with Gasteiger partial charge in [0.1, 0.15) is 5.38 Å². The number of esters is 1. The summed E-state index contributed by atoms with van der Waals surface area (Å²) in [5, 5.41) is -0.816. The zero-order valence-electron chi connectivity index (χ0n) is 9.50. The van der Waals surface area contributed by atoms with Crippen molar-refractivity contribution in [3.05, 3.63) is 32.9 Å². The van der Waals surface area contributed by atoms with E-state index in [9.17, 15) is 9.59 Å². The van der Waals surface area contributed by atoms with Crippen LogP contribution in [-0.2, 0) is 9.53 Å². The third-order valence-electron chi connectivity index (χ3n) is 2.16. The number of benzene rings is 1. The maximum Gasteiger partial charge on any atom is 0.339 e. The van der Waals surface area contributed by atoms with E-state index >= 15 is 0 Å². The zero-order valence-corrected chi connectivity index (χ0v) is 12.4. The summed E-state index contributed by atoms with van der Waals surface area (Å²) in [6.07, 6.45) is 0. The first-order chi connectivity index (χ1) is 7.99. The van der Waals surface area contributed by atoms with Crippen LogP contribution in [0.25, 0.3) is 0 Å². The third kappa shape index (κ3) is 3.42. The Balaban J connectivity index is 3.26. The number of alkyl halides is 1. The molecular formula is C12H12ClIO3. The van der Waals surface area contributed by atoms with Gasteiger partial charge in [-0.2, -0.15) is 0 Å². The molecule has 0 aliphatic carbocycles. The van der Waals surface area contributed by atoms with Gasteiger partial charge in [-0.05, 0) is 48.1 Å². The van der Waals surface area contributed by atoms with Crippen LogP contribution in [0.3, 0.4) is 0 Å². The van der Waals surface area contributed by atoms with Crippen LogP contribution in [0.2, 0.25) is 0 Å². The Morgan fingerprint density at radius 2 is 2.12 bits per heavy atom. The van der Waals surface area contributed by atoms with Crippen molar-refractivity contribution in [2.45, 2.75) is 19.2 Å². The number of ether oxygens (including phenoxy) is 1. The molecule has 1 atom stereocenters. The van der Waals surface area contributed by atoms with E-state index in [-0.39, 0.29) is 12.4 Å². The zero-order chi connectivity index (χ0) is 13.0. The fraction of sp³-hybridized carbons (Fsp3) is 0.333. The smallest absolute Gasteiger partial charge is 0.339 e. The minimum absolute atomic E-state index is 0.195. The first-order valence-electron chi connectivity index (χ1n) is 5.09. The predicted octanol–water partition coefficient (Wildman–Crippen LogP) is 3.34. The Morgan fingerprint density at radius 1 is 1.47 bits per heavy atom. The van der Waals surface area contributed by atoms with Gasteiger partial charge in [-0.3, -0.25) is 4.79 Å². The molecule has 0 amide bonds. The molecule has 0 aliphatic heterocycles. The van der Waals surface area contributed by atoms with E-state index in [1.165, 1.54) is 6.92 Å². The molecule has 0 bridgehead atoms. The summed E-state index contributed by atoms with van der Waals surface area (Å²) >= 11 is 8.03. The van der Waals surface area contributed by atoms with E-state index in [0.29, 0.717) is 11.1 Å². The van der Waals surface area contributed by atoms with Gasteiger partial charge in [0, 0.05) is 3.57 Å². The van der Waals surface area contributed by atoms with Gasteiger partial charge < -0.3 is 4.74 Å². The fourth-order valence-corrected chi connectivity index (χ4v) is 2.31. The lowest BCUT2D eigenvalue weighted by molar-refractivity contribution is -0.116. The molecule has 1 rings (SSSR count). The van der Waals surface area contributed by atoms with Crippen molar-refractivity contribution in [2.24, 2.45) is 0 Å². The Hall–Kier alpha value is -0.620. The van der Waals surface area contributed by atoms with E-state index in [2.05, 4.69) is 0 Å². The fourth-order valence-electron chi connectivity index (χ4n) is 1.39. The third-order valence-corrected chi connectivity index (χ3v) is 3.60. The maximum atomic E-state index is 11.8. The topological polar surface area (TPSA) is 43.4 Å². The van der Waals surface area contributed by atoms with Crippen LogP contribution in [-0.4, -0.2) is 18.4 Å². The summed E-state index contributed by atoms with van der Waals surface area (Å²) < 4.78 is 5.69. The van der Waals surface area contributed by atoms with Crippen LogP contribution in [0, 0.1) is 3.57 Å². The number of hydrogen-bond donors (Lipinski definition) is 0. The molecule has 0 radical (unpaired) electrons. The van der Waals surface area contributed by atoms with Gasteiger partial charge in [0.2, 0.25) is 0 Å². The number of halogens is 2. The molecule has 1 aromatic rings. The maximum absolute atomic E-state index is 11.8. The highest BCUT2D eigenvalue weighted by Crippen LogP contribution is 2.28. The van der Waals surface area contributed by atoms with Crippen molar-refractivity contribution < 1.29 is 14.3 Å². The van der Waals surface area contributed by atoms with Crippen molar-refractivity contribution in [3.63, 3.8) is 0 Å². The lowest BCUT2D eigenvalue weighted by Crippen LogP contribution is -2.13. The molecule has 0 N–H and O–H groups in total. The highest BCUT2D eigenvalue weighted by atomic mass is 127. The van der Waals surface area contributed by atoms with Crippen LogP contribution in [0.4, 0.5) is 0 Å². The van der Waals surface area contributed by atoms with E-state index in [0.717, 1.165) is 3.57 Å². The molecule has 0 fully saturated rings. The van der Waals surface area contributed by atoms with Gasteiger partial charge in [-0.25, -0.2) is 4.79 Å². The van der Waals surface area contributed by atoms with Crippen LogP contribution in [0.1, 0.15) is 35.1 Å². The molecule has 0 aliphatic rings. The van der Waals surface area contributed by atoms with Gasteiger partial charge >= 0.3 is 5.97 Å². The SMILES string of the molecule is CCOC(=O)c1c(I)cccc1C(Cl)C(C)=O. The van der Waals surface area contributed by atoms with Crippen molar-refractivity contribution >= 4 is 45.9 Å². The molecule has 3 nitrogen and oxygen atoms in total. The van der Waals surface area contributed by atoms with Crippen LogP contribution in [0.5, 0.6) is 0 Å². The van der Waals surface area contributed by atoms with Gasteiger partial charge in [-0.15, -0.1) is 11.6 Å². The molecule has 0 heterocycles. The first kappa shape index (κ1) is 14.4. The standard InChI is InChI=1S/C12H12ClIO3/c1-3-17-12(16)10-8(11(13)7(2)15)5-4-6-9(10)14/h4-6,11H,3H2,1-2H3. The number of ketones is 1. The number of carbonyl (C=O) groups excluding carboxylic acids is 2. The molecular weight excluding hydrogens is 354 g/mol. The van der Waals surface area contributed by atoms with E-state index < -0.39 is 11.3 Å². The van der Waals surface area contributed by atoms with Gasteiger partial charge in [0.05, 0.1) is 12.2 Å². The highest BCUT2D eigenvalue weighted by molar-refractivity contribution is 14.1. The van der Waals surface area contributed by atoms with Crippen LogP contribution in [0.15, 0.2) is 18.2 Å². The second-order valence-corrected chi connectivity index (χ2v) is 5.00. The molecule has 5 heteroatoms. The number of carbonyl (C=O) groups is 2. The number of Topliss-reactive ketones (excluding diaryl/α,β-unsaturated/α-hetero) is 1. The second-order valence-electron chi connectivity index (χ2n) is 3.40. The molecule has 0 aromatic heterocycles. The van der Waals surface area contributed by atoms with Gasteiger partial charge in [-0.1, -0.05) is 12.1 Å². The van der Waals surface area contributed by atoms with Crippen molar-refractivity contribution in [2.75, 3.05) is 6.61 Å². The minimum atomic E-state index is -0.816. The van der Waals surface area contributed by atoms with E-state index in [1.54, 1.807) is 25.1 Å². The predicted molar refractivity (Wildman–Crippen MR) is 74.4 cm³/mol. The summed E-state index contributed by atoms with van der Waals surface area (Å²) in [5.74, 6) is -0.640. The summed E-state index contributed by atoms with van der Waals surface area (Å²) in [4.78, 5) is 23.1. The second kappa shape index (κ2) is 6.35. The average molecular weight is 367 g/mol. The Morgan fingerprint density at radius 3 is 2.65 bits per heavy atom. The molecule has 1 unspecified atom stereocenters. The van der Waals surface area contributed by atoms with E-state index in [1.807, 2.05) is 22.6 Å². The quantitative estimate of drug-likeness (QED) is 0.466. The molecule has 92 valence electrons. The Bertz CT molecular complexity index is 445. The lowest BCUT2D eigenvalue weighted by atomic mass is 10.0. The largest absolute Gasteiger partial charge is 0.462 e. The monoisotopic (exact) mass is 366 g/mol. The summed E-state index contributed by atoms with van der Waals surface area (Å²) in [6, 6.07) is 5.21. The lowest BCUT2D eigenvalue weighted by Gasteiger charge is -2.13. The van der Waals surface area contributed by atoms with Crippen molar-refractivity contribution in [1.29, 1.82) is 0 Å². The summed E-state index contributed by atoms with van der Waals surface area (Å²) in [7, 11) is 0. The molecule has 0 saturated heterocycles. The van der Waals surface area contributed by atoms with Gasteiger partial charge in [0.25, 0.3) is 0 Å². The number of rotatable bonds is 4. The first-order valence-corrected chi connectivity index (χ1v) is 6.60. The van der Waals surface area contributed by atoms with Crippen LogP contribution >= 0.6 is 34.2 Å². The molecule has 17 heavy (non-hydrogen) atoms. The molecule has 0 spiro atoms. The molecule has 0 saturated carbocycles. The minimum Gasteiger partial charge on any atom is -0.462 e. The van der Waals surface area contributed by atoms with Crippen LogP contribution < -0.4 is 0 Å².